The van der Waals surface area contributed by atoms with Gasteiger partial charge in [-0.25, -0.2) is 0 Å². The van der Waals surface area contributed by atoms with E-state index in [1.807, 2.05) is 0 Å². The number of aromatic amines is 1. The van der Waals surface area contributed by atoms with Crippen LogP contribution in [0.15, 0.2) is 6.07 Å². The molecule has 1 saturated heterocycles. The van der Waals surface area contributed by atoms with Gasteiger partial charge in [0, 0.05) is 24.2 Å². The molecule has 16 heavy (non-hydrogen) atoms. The van der Waals surface area contributed by atoms with Crippen molar-refractivity contribution >= 4 is 0 Å². The average Bonchev–Trinajstić information content (AvgIpc) is 2.77. The van der Waals surface area contributed by atoms with Gasteiger partial charge in [-0.15, -0.1) is 0 Å². The quantitative estimate of drug-likeness (QED) is 0.814. The normalized spacial score (nSPS) is 19.5. The first-order valence-corrected chi connectivity index (χ1v) is 6.19. The maximum Gasteiger partial charge on any atom is 0.0657 e. The van der Waals surface area contributed by atoms with Gasteiger partial charge in [-0.3, -0.25) is 5.10 Å². The second-order valence-corrected chi connectivity index (χ2v) is 4.93. The number of piperidine rings is 1. The lowest BCUT2D eigenvalue weighted by atomic mass is 9.93. The van der Waals surface area contributed by atoms with Gasteiger partial charge in [0.25, 0.3) is 0 Å². The summed E-state index contributed by atoms with van der Waals surface area (Å²) in [5.41, 5.74) is 7.82. The van der Waals surface area contributed by atoms with Gasteiger partial charge in [0.05, 0.1) is 5.69 Å². The highest BCUT2D eigenvalue weighted by Gasteiger charge is 2.23. The second kappa shape index (κ2) is 4.97. The largest absolute Gasteiger partial charge is 0.325 e. The van der Waals surface area contributed by atoms with Crippen molar-refractivity contribution in [3.05, 3.63) is 17.5 Å². The Kier molecular flexibility index (Phi) is 3.61. The van der Waals surface area contributed by atoms with Crippen molar-refractivity contribution < 1.29 is 0 Å². The van der Waals surface area contributed by atoms with Crippen LogP contribution in [0.2, 0.25) is 0 Å². The molecular formula is C12H22N4. The highest BCUT2D eigenvalue weighted by Crippen LogP contribution is 2.27. The minimum atomic E-state index is 0.553. The van der Waals surface area contributed by atoms with E-state index in [4.69, 9.17) is 5.73 Å². The summed E-state index contributed by atoms with van der Waals surface area (Å²) in [6.07, 6.45) is 2.43. The van der Waals surface area contributed by atoms with Gasteiger partial charge in [0.2, 0.25) is 0 Å². The first-order chi connectivity index (χ1) is 7.70. The summed E-state index contributed by atoms with van der Waals surface area (Å²) in [6, 6.07) is 2.79. The van der Waals surface area contributed by atoms with Crippen molar-refractivity contribution in [1.29, 1.82) is 0 Å². The van der Waals surface area contributed by atoms with Crippen molar-refractivity contribution in [2.45, 2.75) is 45.2 Å². The third kappa shape index (κ3) is 2.44. The van der Waals surface area contributed by atoms with Crippen LogP contribution in [0.25, 0.3) is 0 Å². The molecule has 0 atom stereocenters. The summed E-state index contributed by atoms with van der Waals surface area (Å²) in [6.45, 7) is 7.46. The van der Waals surface area contributed by atoms with Crippen LogP contribution in [0.5, 0.6) is 0 Å². The van der Waals surface area contributed by atoms with Crippen molar-refractivity contribution in [2.24, 2.45) is 5.73 Å². The molecule has 0 unspecified atom stereocenters. The van der Waals surface area contributed by atoms with Crippen LogP contribution in [0.3, 0.4) is 0 Å². The summed E-state index contributed by atoms with van der Waals surface area (Å²) in [4.78, 5) is 2.53. The fraction of sp³-hybridized carbons (Fsp3) is 0.750. The molecule has 1 aliphatic heterocycles. The number of H-pyrrole nitrogens is 1. The number of rotatable bonds is 3. The fourth-order valence-electron chi connectivity index (χ4n) is 2.40. The Morgan fingerprint density at radius 1 is 1.50 bits per heavy atom. The van der Waals surface area contributed by atoms with Crippen LogP contribution >= 0.6 is 0 Å². The van der Waals surface area contributed by atoms with Crippen molar-refractivity contribution in [1.82, 2.24) is 15.1 Å². The van der Waals surface area contributed by atoms with E-state index in [9.17, 15) is 0 Å². The van der Waals surface area contributed by atoms with E-state index in [1.54, 1.807) is 0 Å². The predicted octanol–water partition coefficient (Wildman–Crippen LogP) is 1.46. The molecule has 1 aromatic rings. The summed E-state index contributed by atoms with van der Waals surface area (Å²) in [7, 11) is 0. The number of nitrogens with one attached hydrogen (secondary N) is 1. The predicted molar refractivity (Wildman–Crippen MR) is 65.2 cm³/mol. The van der Waals surface area contributed by atoms with Crippen molar-refractivity contribution in [3.63, 3.8) is 0 Å². The minimum Gasteiger partial charge on any atom is -0.325 e. The Morgan fingerprint density at radius 2 is 2.19 bits per heavy atom. The molecule has 1 aliphatic rings. The molecule has 0 radical (unpaired) electrons. The third-order valence-electron chi connectivity index (χ3n) is 3.55. The molecule has 2 rings (SSSR count). The molecule has 90 valence electrons. The number of hydrogen-bond donors (Lipinski definition) is 2. The molecule has 0 aliphatic carbocycles. The molecule has 1 aromatic heterocycles. The number of nitrogens with zero attached hydrogens (tertiary/aromatic N) is 2. The Balaban J connectivity index is 1.93. The molecule has 0 amide bonds. The minimum absolute atomic E-state index is 0.553. The van der Waals surface area contributed by atoms with Crippen LogP contribution in [0.4, 0.5) is 0 Å². The van der Waals surface area contributed by atoms with E-state index in [2.05, 4.69) is 35.0 Å². The zero-order valence-corrected chi connectivity index (χ0v) is 10.2. The smallest absolute Gasteiger partial charge is 0.0657 e. The highest BCUT2D eigenvalue weighted by atomic mass is 15.2. The van der Waals surface area contributed by atoms with Crippen LogP contribution in [0, 0.1) is 0 Å². The lowest BCUT2D eigenvalue weighted by Crippen LogP contribution is -2.37. The average molecular weight is 222 g/mol. The van der Waals surface area contributed by atoms with Crippen LogP contribution in [0.1, 0.15) is 44.0 Å². The molecule has 1 fully saturated rings. The topological polar surface area (TPSA) is 57.9 Å². The second-order valence-electron chi connectivity index (χ2n) is 4.93. The first-order valence-electron chi connectivity index (χ1n) is 6.19. The number of hydrogen-bond acceptors (Lipinski definition) is 3. The summed E-state index contributed by atoms with van der Waals surface area (Å²) in [5.74, 6) is 0.617. The molecule has 0 spiro atoms. The summed E-state index contributed by atoms with van der Waals surface area (Å²) < 4.78 is 0. The van der Waals surface area contributed by atoms with Crippen LogP contribution in [-0.4, -0.2) is 34.2 Å². The lowest BCUT2D eigenvalue weighted by molar-refractivity contribution is 0.171. The van der Waals surface area contributed by atoms with E-state index >= 15 is 0 Å². The van der Waals surface area contributed by atoms with E-state index in [0.29, 0.717) is 18.5 Å². The third-order valence-corrected chi connectivity index (χ3v) is 3.55. The molecule has 0 saturated carbocycles. The lowest BCUT2D eigenvalue weighted by Gasteiger charge is -2.33. The van der Waals surface area contributed by atoms with Gasteiger partial charge >= 0.3 is 0 Å². The Labute approximate surface area is 97.2 Å². The molecule has 0 aromatic carbocycles. The zero-order valence-electron chi connectivity index (χ0n) is 10.2. The standard InChI is InChI=1S/C12H22N4/c1-9(2)16-5-3-10(4-6-16)12-7-11(8-13)14-15-12/h7,9-10H,3-6,8,13H2,1-2H3,(H,14,15). The molecule has 2 heterocycles. The summed E-state index contributed by atoms with van der Waals surface area (Å²) >= 11 is 0. The fourth-order valence-corrected chi connectivity index (χ4v) is 2.40. The van der Waals surface area contributed by atoms with E-state index < -0.39 is 0 Å². The van der Waals surface area contributed by atoms with Crippen LogP contribution in [-0.2, 0) is 6.54 Å². The number of nitrogens with two attached hydrogens (primary N) is 1. The monoisotopic (exact) mass is 222 g/mol. The Morgan fingerprint density at radius 3 is 2.69 bits per heavy atom. The van der Waals surface area contributed by atoms with Gasteiger partial charge < -0.3 is 10.6 Å². The van der Waals surface area contributed by atoms with E-state index in [1.165, 1.54) is 31.6 Å². The van der Waals surface area contributed by atoms with Gasteiger partial charge in [-0.05, 0) is 45.8 Å². The van der Waals surface area contributed by atoms with Crippen molar-refractivity contribution in [2.75, 3.05) is 13.1 Å². The van der Waals surface area contributed by atoms with Crippen LogP contribution < -0.4 is 5.73 Å². The number of aromatic nitrogens is 2. The van der Waals surface area contributed by atoms with Gasteiger partial charge in [-0.2, -0.15) is 5.10 Å². The van der Waals surface area contributed by atoms with Gasteiger partial charge in [0.1, 0.15) is 0 Å². The molecule has 3 N–H and O–H groups in total. The Bertz CT molecular complexity index is 324. The van der Waals surface area contributed by atoms with Gasteiger partial charge in [-0.1, -0.05) is 0 Å². The van der Waals surface area contributed by atoms with E-state index in [0.717, 1.165) is 5.69 Å². The first kappa shape index (κ1) is 11.6. The molecule has 0 bridgehead atoms. The number of likely N-dealkylation sites (tertiary alicyclic amines) is 1. The maximum atomic E-state index is 5.57. The van der Waals surface area contributed by atoms with Gasteiger partial charge in [0.15, 0.2) is 0 Å². The Hall–Kier alpha value is -0.870. The molecular weight excluding hydrogens is 200 g/mol. The highest BCUT2D eigenvalue weighted by molar-refractivity contribution is 5.13. The van der Waals surface area contributed by atoms with Crippen molar-refractivity contribution in [3.8, 4) is 0 Å². The SMILES string of the molecule is CC(C)N1CCC(c2cc(CN)[nH]n2)CC1. The molecule has 4 nitrogen and oxygen atoms in total. The van der Waals surface area contributed by atoms with E-state index in [-0.39, 0.29) is 0 Å². The zero-order chi connectivity index (χ0) is 11.5. The molecule has 4 heteroatoms. The maximum absolute atomic E-state index is 5.57. The summed E-state index contributed by atoms with van der Waals surface area (Å²) in [5, 5.41) is 7.36.